The molecule has 2 aromatic carbocycles. The lowest BCUT2D eigenvalue weighted by Gasteiger charge is -2.28. The van der Waals surface area contributed by atoms with Crippen LogP contribution >= 0.6 is 35.7 Å². The molecule has 31 heavy (non-hydrogen) atoms. The fourth-order valence-corrected chi connectivity index (χ4v) is 4.86. The molecule has 3 N–H and O–H groups in total. The van der Waals surface area contributed by atoms with Gasteiger partial charge in [0, 0.05) is 68.4 Å². The van der Waals surface area contributed by atoms with E-state index in [4.69, 9.17) is 0 Å². The Morgan fingerprint density at radius 2 is 1.87 bits per heavy atom. The molecule has 1 saturated heterocycles. The number of nitrogens with one attached hydrogen (secondary N) is 3. The van der Waals surface area contributed by atoms with Gasteiger partial charge in [0.25, 0.3) is 0 Å². The number of guanidine groups is 1. The Bertz CT molecular complexity index is 899. The van der Waals surface area contributed by atoms with Crippen molar-refractivity contribution >= 4 is 59.0 Å². The fourth-order valence-electron chi connectivity index (χ4n) is 3.96. The summed E-state index contributed by atoms with van der Waals surface area (Å²) in [6.07, 6.45) is 0.484. The molecule has 8 heteroatoms. The van der Waals surface area contributed by atoms with Crippen LogP contribution in [0, 0.1) is 0 Å². The van der Waals surface area contributed by atoms with Crippen molar-refractivity contribution in [2.24, 2.45) is 4.99 Å². The molecule has 6 nitrogen and oxygen atoms in total. The molecule has 0 bridgehead atoms. The van der Waals surface area contributed by atoms with E-state index >= 15 is 0 Å². The second-order valence-electron chi connectivity index (χ2n) is 7.61. The minimum atomic E-state index is 0. The van der Waals surface area contributed by atoms with Crippen molar-refractivity contribution in [3.63, 3.8) is 0 Å². The lowest BCUT2D eigenvalue weighted by atomic mass is 9.90. The Morgan fingerprint density at radius 1 is 1.13 bits per heavy atom. The highest BCUT2D eigenvalue weighted by Gasteiger charge is 2.24. The maximum Gasteiger partial charge on any atom is 0.225 e. The van der Waals surface area contributed by atoms with E-state index < -0.39 is 0 Å². The lowest BCUT2D eigenvalue weighted by Crippen LogP contribution is -2.40. The van der Waals surface area contributed by atoms with Gasteiger partial charge >= 0.3 is 0 Å². The van der Waals surface area contributed by atoms with Gasteiger partial charge in [0.2, 0.25) is 5.91 Å². The summed E-state index contributed by atoms with van der Waals surface area (Å²) in [5, 5.41) is 9.71. The molecule has 2 heterocycles. The van der Waals surface area contributed by atoms with Gasteiger partial charge in [-0.3, -0.25) is 9.79 Å². The van der Waals surface area contributed by atoms with Crippen molar-refractivity contribution in [1.29, 1.82) is 0 Å². The van der Waals surface area contributed by atoms with Crippen molar-refractivity contribution in [3.8, 4) is 0 Å². The average Bonchev–Trinajstić information content (AvgIpc) is 2.80. The van der Waals surface area contributed by atoms with Gasteiger partial charge in [-0.1, -0.05) is 30.3 Å². The normalized spacial score (nSPS) is 18.5. The van der Waals surface area contributed by atoms with Gasteiger partial charge in [0.05, 0.1) is 0 Å². The van der Waals surface area contributed by atoms with Crippen LogP contribution in [0.25, 0.3) is 0 Å². The number of aliphatic imine (C=N–C) groups is 1. The van der Waals surface area contributed by atoms with Crippen LogP contribution in [0.2, 0.25) is 0 Å². The highest BCUT2D eigenvalue weighted by molar-refractivity contribution is 14.0. The molecule has 0 aliphatic carbocycles. The molecular weight excluding hydrogens is 521 g/mol. The number of carbonyl (C=O) groups is 1. The summed E-state index contributed by atoms with van der Waals surface area (Å²) >= 11 is 2.03. The highest BCUT2D eigenvalue weighted by atomic mass is 127. The van der Waals surface area contributed by atoms with E-state index in [-0.39, 0.29) is 35.8 Å². The summed E-state index contributed by atoms with van der Waals surface area (Å²) in [6, 6.07) is 16.8. The number of anilines is 2. The predicted molar refractivity (Wildman–Crippen MR) is 142 cm³/mol. The summed E-state index contributed by atoms with van der Waals surface area (Å²) < 4.78 is 0. The van der Waals surface area contributed by atoms with Gasteiger partial charge in [0.1, 0.15) is 0 Å². The van der Waals surface area contributed by atoms with E-state index in [9.17, 15) is 4.79 Å². The van der Waals surface area contributed by atoms with Gasteiger partial charge < -0.3 is 20.9 Å². The fraction of sp³-hybridized carbons (Fsp3) is 0.391. The Labute approximate surface area is 205 Å². The number of rotatable bonds is 5. The summed E-state index contributed by atoms with van der Waals surface area (Å²) in [5.74, 6) is 3.36. The Kier molecular flexibility index (Phi) is 8.89. The Morgan fingerprint density at radius 3 is 2.61 bits per heavy atom. The number of hydrogen-bond donors (Lipinski definition) is 3. The number of halogens is 1. The predicted octanol–water partition coefficient (Wildman–Crippen LogP) is 3.65. The summed E-state index contributed by atoms with van der Waals surface area (Å²) in [5.41, 5.74) is 4.61. The molecule has 1 unspecified atom stereocenters. The lowest BCUT2D eigenvalue weighted by molar-refractivity contribution is -0.116. The molecule has 166 valence electrons. The number of nitrogens with zero attached hydrogens (tertiary/aromatic N) is 2. The number of benzene rings is 2. The van der Waals surface area contributed by atoms with Crippen molar-refractivity contribution < 1.29 is 4.79 Å². The number of fused-ring (bicyclic) bond motifs is 1. The minimum Gasteiger partial charge on any atom is -0.370 e. The van der Waals surface area contributed by atoms with Crippen LogP contribution in [0.15, 0.2) is 53.5 Å². The molecule has 0 aromatic heterocycles. The summed E-state index contributed by atoms with van der Waals surface area (Å²) in [4.78, 5) is 18.8. The zero-order valence-corrected chi connectivity index (χ0v) is 20.9. The van der Waals surface area contributed by atoms with Gasteiger partial charge in [0.15, 0.2) is 5.96 Å². The van der Waals surface area contributed by atoms with Crippen molar-refractivity contribution in [3.05, 3.63) is 59.7 Å². The number of amides is 1. The van der Waals surface area contributed by atoms with Crippen LogP contribution in [-0.4, -0.2) is 50.1 Å². The van der Waals surface area contributed by atoms with E-state index in [1.807, 2.05) is 30.0 Å². The molecule has 0 spiro atoms. The molecule has 1 atom stereocenters. The molecule has 2 aliphatic heterocycles. The smallest absolute Gasteiger partial charge is 0.225 e. The van der Waals surface area contributed by atoms with Crippen LogP contribution in [0.4, 0.5) is 11.4 Å². The molecule has 1 amide bonds. The van der Waals surface area contributed by atoms with E-state index in [1.54, 1.807) is 7.05 Å². The third-order valence-electron chi connectivity index (χ3n) is 5.62. The van der Waals surface area contributed by atoms with Gasteiger partial charge in [-0.25, -0.2) is 0 Å². The topological polar surface area (TPSA) is 68.8 Å². The Hall–Kier alpha value is -1.94. The maximum absolute atomic E-state index is 12.0. The van der Waals surface area contributed by atoms with E-state index in [1.165, 1.54) is 28.3 Å². The number of carbonyl (C=O) groups excluding carboxylic acids is 1. The van der Waals surface area contributed by atoms with E-state index in [2.05, 4.69) is 56.2 Å². The molecule has 0 saturated carbocycles. The van der Waals surface area contributed by atoms with E-state index in [0.717, 1.165) is 24.7 Å². The van der Waals surface area contributed by atoms with Crippen LogP contribution in [0.3, 0.4) is 0 Å². The number of hydrogen-bond acceptors (Lipinski definition) is 4. The molecule has 4 rings (SSSR count). The first-order chi connectivity index (χ1) is 14.7. The van der Waals surface area contributed by atoms with Gasteiger partial charge in [-0.15, -0.1) is 24.0 Å². The van der Waals surface area contributed by atoms with Crippen molar-refractivity contribution in [1.82, 2.24) is 10.6 Å². The van der Waals surface area contributed by atoms with Gasteiger partial charge in [-0.05, 0) is 29.3 Å². The molecule has 2 aliphatic rings. The molecule has 2 aromatic rings. The standard InChI is InChI=1S/C23H29N5OS.HI/c1-24-23(26-16-18-14-22(29)27-21-5-3-2-4-20(18)21)25-15-17-6-8-19(9-7-17)28-10-12-30-13-11-28;/h2-9,18H,10-16H2,1H3,(H,27,29)(H2,24,25,26);1H. The maximum atomic E-state index is 12.0. The zero-order valence-electron chi connectivity index (χ0n) is 17.8. The number of thioether (sulfide) groups is 1. The van der Waals surface area contributed by atoms with Crippen molar-refractivity contribution in [2.45, 2.75) is 18.9 Å². The van der Waals surface area contributed by atoms with Crippen LogP contribution in [0.5, 0.6) is 0 Å². The first kappa shape index (κ1) is 23.7. The molecular formula is C23H30IN5OS. The number of para-hydroxylation sites is 1. The minimum absolute atomic E-state index is 0. The zero-order chi connectivity index (χ0) is 20.8. The van der Waals surface area contributed by atoms with Crippen LogP contribution in [0.1, 0.15) is 23.5 Å². The first-order valence-corrected chi connectivity index (χ1v) is 11.6. The highest BCUT2D eigenvalue weighted by Crippen LogP contribution is 2.31. The summed E-state index contributed by atoms with van der Waals surface area (Å²) in [7, 11) is 1.77. The summed E-state index contributed by atoms with van der Waals surface area (Å²) in [6.45, 7) is 3.62. The largest absolute Gasteiger partial charge is 0.370 e. The third kappa shape index (κ3) is 6.29. The van der Waals surface area contributed by atoms with Crippen LogP contribution < -0.4 is 20.9 Å². The van der Waals surface area contributed by atoms with Gasteiger partial charge in [-0.2, -0.15) is 11.8 Å². The molecule has 0 radical (unpaired) electrons. The second-order valence-corrected chi connectivity index (χ2v) is 8.83. The quantitative estimate of drug-likeness (QED) is 0.301. The van der Waals surface area contributed by atoms with Crippen molar-refractivity contribution in [2.75, 3.05) is 48.4 Å². The van der Waals surface area contributed by atoms with E-state index in [0.29, 0.717) is 19.5 Å². The first-order valence-electron chi connectivity index (χ1n) is 10.5. The third-order valence-corrected chi connectivity index (χ3v) is 6.56. The average molecular weight is 551 g/mol. The molecule has 1 fully saturated rings. The second kappa shape index (κ2) is 11.6. The van der Waals surface area contributed by atoms with Crippen LogP contribution in [-0.2, 0) is 11.3 Å². The SMILES string of the molecule is CN=C(NCc1ccc(N2CCSCC2)cc1)NCC1CC(=O)Nc2ccccc21.I. The Balaban J connectivity index is 0.00000272. The monoisotopic (exact) mass is 551 g/mol.